The predicted octanol–water partition coefficient (Wildman–Crippen LogP) is 2.54. The molecule has 0 radical (unpaired) electrons. The van der Waals surface area contributed by atoms with Crippen molar-refractivity contribution in [2.75, 3.05) is 7.11 Å². The molecule has 1 N–H and O–H groups in total. The molecule has 0 spiro atoms. The molecule has 21 heavy (non-hydrogen) atoms. The first-order valence-corrected chi connectivity index (χ1v) is 6.15. The molecule has 0 saturated carbocycles. The monoisotopic (exact) mass is 287 g/mol. The van der Waals surface area contributed by atoms with Gasteiger partial charge in [0, 0.05) is 0 Å². The number of aliphatic hydroxyl groups is 1. The van der Waals surface area contributed by atoms with Crippen molar-refractivity contribution in [2.24, 2.45) is 0 Å². The van der Waals surface area contributed by atoms with Crippen LogP contribution in [0.3, 0.4) is 0 Å². The third-order valence-electron chi connectivity index (χ3n) is 3.10. The quantitative estimate of drug-likeness (QED) is 0.530. The molecule has 0 aliphatic carbocycles. The number of aliphatic hydroxyl groups excluding tert-OH is 1. The maximum atomic E-state index is 11.7. The Balaban J connectivity index is 2.75. The highest BCUT2D eigenvalue weighted by Gasteiger charge is 2.26. The lowest BCUT2D eigenvalue weighted by Gasteiger charge is -2.10. The molecule has 0 bridgehead atoms. The van der Waals surface area contributed by atoms with Crippen LogP contribution < -0.4 is 0 Å². The minimum atomic E-state index is -0.773. The number of rotatable bonds is 4. The maximum absolute atomic E-state index is 11.7. The highest BCUT2D eigenvalue weighted by atomic mass is 16.6. The van der Waals surface area contributed by atoms with Gasteiger partial charge in [0.2, 0.25) is 0 Å². The van der Waals surface area contributed by atoms with Gasteiger partial charge in [0.1, 0.15) is 5.56 Å². The van der Waals surface area contributed by atoms with Crippen LogP contribution in [0.1, 0.15) is 15.9 Å². The maximum Gasteiger partial charge on any atom is 0.344 e. The van der Waals surface area contributed by atoms with Crippen LogP contribution in [0.25, 0.3) is 11.1 Å². The Morgan fingerprint density at radius 1 is 1.19 bits per heavy atom. The zero-order valence-electron chi connectivity index (χ0n) is 11.3. The molecule has 0 heterocycles. The van der Waals surface area contributed by atoms with Gasteiger partial charge in [0.15, 0.2) is 0 Å². The van der Waals surface area contributed by atoms with Gasteiger partial charge in [-0.1, -0.05) is 30.3 Å². The third kappa shape index (κ3) is 2.75. The molecular weight excluding hydrogens is 274 g/mol. The second-order valence-corrected chi connectivity index (χ2v) is 4.27. The number of nitro groups is 1. The standard InChI is InChI=1S/C15H13NO5/c1-21-15(18)13-8-4-7-12(14(13)16(19)20)11-6-3-2-5-10(11)9-17/h2-8,17H,9H2,1H3. The summed E-state index contributed by atoms with van der Waals surface area (Å²) in [6.45, 7) is -0.254. The van der Waals surface area contributed by atoms with Gasteiger partial charge in [-0.15, -0.1) is 0 Å². The summed E-state index contributed by atoms with van der Waals surface area (Å²) in [4.78, 5) is 22.5. The first-order valence-electron chi connectivity index (χ1n) is 6.15. The van der Waals surface area contributed by atoms with Gasteiger partial charge in [-0.25, -0.2) is 4.79 Å². The first-order chi connectivity index (χ1) is 10.1. The number of carbonyl (C=O) groups excluding carboxylic acids is 1. The zero-order valence-corrected chi connectivity index (χ0v) is 11.3. The molecule has 6 nitrogen and oxygen atoms in total. The summed E-state index contributed by atoms with van der Waals surface area (Å²) >= 11 is 0. The first kappa shape index (κ1) is 14.7. The lowest BCUT2D eigenvalue weighted by atomic mass is 9.96. The van der Waals surface area contributed by atoms with Crippen LogP contribution in [-0.4, -0.2) is 23.1 Å². The molecule has 6 heteroatoms. The van der Waals surface area contributed by atoms with E-state index in [4.69, 9.17) is 0 Å². The Morgan fingerprint density at radius 3 is 2.48 bits per heavy atom. The number of methoxy groups -OCH3 is 1. The molecule has 0 saturated heterocycles. The van der Waals surface area contributed by atoms with Crippen molar-refractivity contribution in [2.45, 2.75) is 6.61 Å². The summed E-state index contributed by atoms with van der Waals surface area (Å²) < 4.78 is 4.58. The normalized spacial score (nSPS) is 10.2. The number of esters is 1. The van der Waals surface area contributed by atoms with Gasteiger partial charge < -0.3 is 9.84 Å². The summed E-state index contributed by atoms with van der Waals surface area (Å²) in [6.07, 6.45) is 0. The number of para-hydroxylation sites is 1. The Labute approximate surface area is 120 Å². The van der Waals surface area contributed by atoms with Crippen LogP contribution in [0.5, 0.6) is 0 Å². The van der Waals surface area contributed by atoms with Gasteiger partial charge in [-0.3, -0.25) is 10.1 Å². The van der Waals surface area contributed by atoms with Crippen LogP contribution in [0.2, 0.25) is 0 Å². The average Bonchev–Trinajstić information content (AvgIpc) is 2.53. The second-order valence-electron chi connectivity index (χ2n) is 4.27. The molecule has 0 unspecified atom stereocenters. The molecule has 0 fully saturated rings. The summed E-state index contributed by atoms with van der Waals surface area (Å²) in [7, 11) is 1.17. The number of nitrogens with zero attached hydrogens (tertiary/aromatic N) is 1. The smallest absolute Gasteiger partial charge is 0.344 e. The van der Waals surface area contributed by atoms with Crippen LogP contribution in [0.4, 0.5) is 5.69 Å². The lowest BCUT2D eigenvalue weighted by molar-refractivity contribution is -0.384. The van der Waals surface area contributed by atoms with E-state index in [0.29, 0.717) is 11.1 Å². The molecule has 2 aromatic rings. The van der Waals surface area contributed by atoms with E-state index in [-0.39, 0.29) is 23.4 Å². The second kappa shape index (κ2) is 6.15. The molecule has 0 amide bonds. The van der Waals surface area contributed by atoms with E-state index >= 15 is 0 Å². The van der Waals surface area contributed by atoms with E-state index in [1.165, 1.54) is 13.2 Å². The minimum absolute atomic E-state index is 0.118. The zero-order chi connectivity index (χ0) is 15.4. The number of carbonyl (C=O) groups is 1. The van der Waals surface area contributed by atoms with Gasteiger partial charge in [0.05, 0.1) is 24.2 Å². The number of nitro benzene ring substituents is 1. The minimum Gasteiger partial charge on any atom is -0.465 e. The van der Waals surface area contributed by atoms with Gasteiger partial charge in [0.25, 0.3) is 5.69 Å². The number of hydrogen-bond donors (Lipinski definition) is 1. The van der Waals surface area contributed by atoms with Crippen LogP contribution in [-0.2, 0) is 11.3 Å². The molecule has 2 aromatic carbocycles. The Kier molecular flexibility index (Phi) is 4.30. The van der Waals surface area contributed by atoms with Crippen molar-refractivity contribution in [3.05, 3.63) is 63.7 Å². The molecule has 2 rings (SSSR count). The van der Waals surface area contributed by atoms with E-state index in [1.54, 1.807) is 36.4 Å². The molecular formula is C15H13NO5. The van der Waals surface area contributed by atoms with Crippen molar-refractivity contribution >= 4 is 11.7 Å². The molecule has 108 valence electrons. The summed E-state index contributed by atoms with van der Waals surface area (Å²) in [5.74, 6) is -0.773. The average molecular weight is 287 g/mol. The third-order valence-corrected chi connectivity index (χ3v) is 3.10. The summed E-state index contributed by atoms with van der Waals surface area (Å²) in [5.41, 5.74) is 0.880. The Hall–Kier alpha value is -2.73. The van der Waals surface area contributed by atoms with Crippen molar-refractivity contribution in [1.82, 2.24) is 0 Å². The van der Waals surface area contributed by atoms with Crippen molar-refractivity contribution in [1.29, 1.82) is 0 Å². The van der Waals surface area contributed by atoms with Gasteiger partial charge >= 0.3 is 5.97 Å². The van der Waals surface area contributed by atoms with Gasteiger partial charge in [-0.05, 0) is 23.3 Å². The number of hydrogen-bond acceptors (Lipinski definition) is 5. The topological polar surface area (TPSA) is 89.7 Å². The lowest BCUT2D eigenvalue weighted by Crippen LogP contribution is -2.07. The molecule has 0 aliphatic rings. The molecule has 0 aliphatic heterocycles. The fourth-order valence-electron chi connectivity index (χ4n) is 2.15. The fraction of sp³-hybridized carbons (Fsp3) is 0.133. The van der Waals surface area contributed by atoms with Crippen LogP contribution in [0, 0.1) is 10.1 Å². The van der Waals surface area contributed by atoms with Crippen molar-refractivity contribution in [3.63, 3.8) is 0 Å². The molecule has 0 aromatic heterocycles. The van der Waals surface area contributed by atoms with E-state index < -0.39 is 10.9 Å². The van der Waals surface area contributed by atoms with E-state index in [9.17, 15) is 20.0 Å². The highest BCUT2D eigenvalue weighted by molar-refractivity contribution is 5.97. The fourth-order valence-corrected chi connectivity index (χ4v) is 2.15. The largest absolute Gasteiger partial charge is 0.465 e. The SMILES string of the molecule is COC(=O)c1cccc(-c2ccccc2CO)c1[N+](=O)[O-]. The summed E-state index contributed by atoms with van der Waals surface area (Å²) in [6, 6.07) is 11.2. The predicted molar refractivity (Wildman–Crippen MR) is 75.8 cm³/mol. The van der Waals surface area contributed by atoms with E-state index in [2.05, 4.69) is 4.74 Å². The Morgan fingerprint density at radius 2 is 1.86 bits per heavy atom. The van der Waals surface area contributed by atoms with E-state index in [1.807, 2.05) is 0 Å². The van der Waals surface area contributed by atoms with E-state index in [0.717, 1.165) is 0 Å². The number of ether oxygens (including phenoxy) is 1. The van der Waals surface area contributed by atoms with Crippen LogP contribution in [0.15, 0.2) is 42.5 Å². The van der Waals surface area contributed by atoms with Crippen molar-refractivity contribution < 1.29 is 19.6 Å². The summed E-state index contributed by atoms with van der Waals surface area (Å²) in [5, 5.41) is 20.7. The Bertz CT molecular complexity index is 696. The van der Waals surface area contributed by atoms with Gasteiger partial charge in [-0.2, -0.15) is 0 Å². The number of benzene rings is 2. The van der Waals surface area contributed by atoms with Crippen LogP contribution >= 0.6 is 0 Å². The van der Waals surface area contributed by atoms with Crippen molar-refractivity contribution in [3.8, 4) is 11.1 Å². The molecule has 0 atom stereocenters. The highest BCUT2D eigenvalue weighted by Crippen LogP contribution is 2.35.